The van der Waals surface area contributed by atoms with Gasteiger partial charge in [0.15, 0.2) is 11.4 Å². The van der Waals surface area contributed by atoms with Crippen LogP contribution in [0, 0.1) is 23.7 Å². The van der Waals surface area contributed by atoms with Crippen molar-refractivity contribution in [3.05, 3.63) is 166 Å². The van der Waals surface area contributed by atoms with Crippen LogP contribution < -0.4 is 0 Å². The standard InChI is InChI=1S/C43H31N7O5/c1-2-28-13-15-34-32(21-28)38(30-9-5-3-6-10-30)45-24-36-40(47-26-49(34)36)42(51)54-19-17-53-18-20-55-43(52)41-37-25-46-39(31-11-7-4-8-12-31)33-22-29(23-44)14-16-35(33)50(37)27-48-41/h1,3-16,21-22,26-27H,17-20,24-25H2. The Morgan fingerprint density at radius 2 is 1.13 bits per heavy atom. The fourth-order valence-electron chi connectivity index (χ4n) is 6.63. The second-order valence-electron chi connectivity index (χ2n) is 12.5. The second-order valence-corrected chi connectivity index (χ2v) is 12.5. The number of fused-ring (bicyclic) bond motifs is 6. The van der Waals surface area contributed by atoms with Crippen LogP contribution in [0.2, 0.25) is 0 Å². The molecule has 2 aromatic heterocycles. The summed E-state index contributed by atoms with van der Waals surface area (Å²) in [6, 6.07) is 32.7. The SMILES string of the molecule is C#Cc1ccc2c(c1)C(c1ccccc1)=NCc1c(C(=O)OCCOCCOC(=O)c3ncn4c3CN=C(c3ccccc3)c3cc(C#N)ccc3-4)ncn1-2. The molecule has 0 aliphatic carbocycles. The molecule has 4 aromatic carbocycles. The van der Waals surface area contributed by atoms with Crippen LogP contribution >= 0.6 is 0 Å². The van der Waals surface area contributed by atoms with Crippen molar-refractivity contribution in [2.45, 2.75) is 13.1 Å². The number of hydrogen-bond donors (Lipinski definition) is 0. The van der Waals surface area contributed by atoms with Crippen LogP contribution in [0.25, 0.3) is 11.4 Å². The summed E-state index contributed by atoms with van der Waals surface area (Å²) >= 11 is 0. The molecule has 268 valence electrons. The van der Waals surface area contributed by atoms with Crippen molar-refractivity contribution in [2.24, 2.45) is 9.98 Å². The molecule has 0 saturated heterocycles. The van der Waals surface area contributed by atoms with E-state index in [-0.39, 0.29) is 50.9 Å². The van der Waals surface area contributed by atoms with Crippen LogP contribution in [0.5, 0.6) is 0 Å². The first-order valence-corrected chi connectivity index (χ1v) is 17.4. The smallest absolute Gasteiger partial charge is 0.358 e. The molecule has 0 spiro atoms. The lowest BCUT2D eigenvalue weighted by Crippen LogP contribution is -2.16. The topological polar surface area (TPSA) is 146 Å². The quantitative estimate of drug-likeness (QED) is 0.100. The van der Waals surface area contributed by atoms with Crippen molar-refractivity contribution >= 4 is 23.4 Å². The fourth-order valence-corrected chi connectivity index (χ4v) is 6.63. The number of carbonyl (C=O) groups is 2. The van der Waals surface area contributed by atoms with Crippen molar-refractivity contribution in [1.82, 2.24) is 19.1 Å². The maximum Gasteiger partial charge on any atom is 0.358 e. The number of nitriles is 1. The van der Waals surface area contributed by atoms with Crippen LogP contribution in [-0.4, -0.2) is 68.9 Å². The third kappa shape index (κ3) is 6.81. The highest BCUT2D eigenvalue weighted by Crippen LogP contribution is 2.29. The molecule has 8 rings (SSSR count). The predicted octanol–water partition coefficient (Wildman–Crippen LogP) is 5.64. The first-order valence-electron chi connectivity index (χ1n) is 17.4. The molecular formula is C43H31N7O5. The van der Waals surface area contributed by atoms with E-state index in [4.69, 9.17) is 30.6 Å². The van der Waals surface area contributed by atoms with Crippen molar-refractivity contribution in [2.75, 3.05) is 26.4 Å². The van der Waals surface area contributed by atoms with Crippen molar-refractivity contribution in [3.63, 3.8) is 0 Å². The predicted molar refractivity (Wildman–Crippen MR) is 203 cm³/mol. The monoisotopic (exact) mass is 725 g/mol. The van der Waals surface area contributed by atoms with Gasteiger partial charge in [-0.05, 0) is 36.4 Å². The highest BCUT2D eigenvalue weighted by Gasteiger charge is 2.27. The van der Waals surface area contributed by atoms with E-state index in [9.17, 15) is 14.9 Å². The minimum Gasteiger partial charge on any atom is -0.458 e. The molecule has 0 fully saturated rings. The summed E-state index contributed by atoms with van der Waals surface area (Å²) in [5, 5.41) is 9.56. The molecule has 2 aliphatic heterocycles. The van der Waals surface area contributed by atoms with Crippen LogP contribution in [0.15, 0.2) is 120 Å². The molecule has 12 nitrogen and oxygen atoms in total. The van der Waals surface area contributed by atoms with Crippen LogP contribution in [0.4, 0.5) is 0 Å². The number of aromatic nitrogens is 4. The van der Waals surface area contributed by atoms with Crippen LogP contribution in [-0.2, 0) is 27.3 Å². The Kier molecular flexibility index (Phi) is 9.63. The molecule has 4 heterocycles. The summed E-state index contributed by atoms with van der Waals surface area (Å²) in [5.74, 6) is 1.47. The van der Waals surface area contributed by atoms with Gasteiger partial charge >= 0.3 is 11.9 Å². The van der Waals surface area contributed by atoms with Gasteiger partial charge in [0, 0.05) is 27.8 Å². The minimum absolute atomic E-state index is 0.0387. The van der Waals surface area contributed by atoms with Crippen LogP contribution in [0.1, 0.15) is 65.7 Å². The Morgan fingerprint density at radius 3 is 1.60 bits per heavy atom. The number of esters is 2. The van der Waals surface area contributed by atoms with E-state index in [0.717, 1.165) is 39.3 Å². The van der Waals surface area contributed by atoms with Crippen molar-refractivity contribution < 1.29 is 23.8 Å². The Hall–Kier alpha value is -7.41. The number of imidazole rings is 2. The van der Waals surface area contributed by atoms with Gasteiger partial charge < -0.3 is 14.2 Å². The zero-order valence-electron chi connectivity index (χ0n) is 29.4. The van der Waals surface area contributed by atoms with E-state index >= 15 is 0 Å². The molecule has 0 N–H and O–H groups in total. The summed E-state index contributed by atoms with van der Waals surface area (Å²) in [6.45, 7) is 0.437. The maximum atomic E-state index is 13.2. The van der Waals surface area contributed by atoms with Gasteiger partial charge in [0.1, 0.15) is 25.9 Å². The van der Waals surface area contributed by atoms with Gasteiger partial charge in [-0.2, -0.15) is 5.26 Å². The molecule has 6 aromatic rings. The normalized spacial score (nSPS) is 12.5. The average molecular weight is 726 g/mol. The Labute approximate surface area is 316 Å². The summed E-state index contributed by atoms with van der Waals surface area (Å²) in [5.41, 5.74) is 9.10. The summed E-state index contributed by atoms with van der Waals surface area (Å²) in [7, 11) is 0. The largest absolute Gasteiger partial charge is 0.458 e. The van der Waals surface area contributed by atoms with Gasteiger partial charge in [-0.1, -0.05) is 66.6 Å². The van der Waals surface area contributed by atoms with E-state index in [2.05, 4.69) is 22.0 Å². The molecule has 0 atom stereocenters. The molecule has 12 heteroatoms. The number of ether oxygens (including phenoxy) is 3. The number of carbonyl (C=O) groups excluding carboxylic acids is 2. The van der Waals surface area contributed by atoms with E-state index in [1.54, 1.807) is 29.4 Å². The fraction of sp³-hybridized carbons (Fsp3) is 0.140. The summed E-state index contributed by atoms with van der Waals surface area (Å²) < 4.78 is 20.3. The molecular weight excluding hydrogens is 695 g/mol. The Morgan fingerprint density at radius 1 is 0.655 bits per heavy atom. The molecule has 0 saturated carbocycles. The van der Waals surface area contributed by atoms with Gasteiger partial charge in [0.25, 0.3) is 0 Å². The molecule has 0 bridgehead atoms. The van der Waals surface area contributed by atoms with E-state index < -0.39 is 11.9 Å². The molecule has 55 heavy (non-hydrogen) atoms. The molecule has 0 amide bonds. The summed E-state index contributed by atoms with van der Waals surface area (Å²) in [4.78, 5) is 44.8. The number of hydrogen-bond acceptors (Lipinski definition) is 10. The van der Waals surface area contributed by atoms with Gasteiger partial charge in [0.2, 0.25) is 0 Å². The number of nitrogens with zero attached hydrogens (tertiary/aromatic N) is 7. The highest BCUT2D eigenvalue weighted by molar-refractivity contribution is 6.16. The Bertz CT molecular complexity index is 2410. The van der Waals surface area contributed by atoms with E-state index in [1.165, 1.54) is 0 Å². The number of benzene rings is 4. The lowest BCUT2D eigenvalue weighted by molar-refractivity contribution is 0.0145. The van der Waals surface area contributed by atoms with Gasteiger partial charge in [0.05, 0.1) is 72.1 Å². The minimum atomic E-state index is -0.618. The van der Waals surface area contributed by atoms with Crippen molar-refractivity contribution in [3.8, 4) is 29.8 Å². The Balaban J connectivity index is 0.875. The van der Waals surface area contributed by atoms with E-state index in [1.807, 2.05) is 89.5 Å². The average Bonchev–Trinajstić information content (AvgIpc) is 3.77. The third-order valence-corrected chi connectivity index (χ3v) is 9.23. The van der Waals surface area contributed by atoms with Gasteiger partial charge in [-0.25, -0.2) is 19.6 Å². The van der Waals surface area contributed by atoms with E-state index in [0.29, 0.717) is 28.2 Å². The maximum absolute atomic E-state index is 13.2. The first kappa shape index (κ1) is 34.7. The van der Waals surface area contributed by atoms with Gasteiger partial charge in [-0.15, -0.1) is 6.42 Å². The van der Waals surface area contributed by atoms with Crippen LogP contribution in [0.3, 0.4) is 0 Å². The molecule has 0 unspecified atom stereocenters. The first-order chi connectivity index (χ1) is 27.0. The lowest BCUT2D eigenvalue weighted by Gasteiger charge is -2.12. The molecule has 0 radical (unpaired) electrons. The number of aliphatic imine (C=N–C) groups is 2. The van der Waals surface area contributed by atoms with Gasteiger partial charge in [-0.3, -0.25) is 19.1 Å². The number of terminal acetylenes is 1. The zero-order chi connectivity index (χ0) is 37.7. The number of rotatable bonds is 10. The second kappa shape index (κ2) is 15.3. The summed E-state index contributed by atoms with van der Waals surface area (Å²) in [6.07, 6.45) is 8.86. The molecule has 2 aliphatic rings. The lowest BCUT2D eigenvalue weighted by atomic mass is 9.98. The zero-order valence-corrected chi connectivity index (χ0v) is 29.4. The third-order valence-electron chi connectivity index (χ3n) is 9.23. The van der Waals surface area contributed by atoms with Crippen molar-refractivity contribution in [1.29, 1.82) is 5.26 Å². The highest BCUT2D eigenvalue weighted by atomic mass is 16.6.